The van der Waals surface area contributed by atoms with Gasteiger partial charge in [-0.1, -0.05) is 31.8 Å². The molecule has 0 unspecified atom stereocenters. The number of carbonyl (C=O) groups excluding carboxylic acids is 1. The molecule has 0 saturated carbocycles. The second-order valence-corrected chi connectivity index (χ2v) is 12.7. The summed E-state index contributed by atoms with van der Waals surface area (Å²) in [7, 11) is -1.16. The van der Waals surface area contributed by atoms with Gasteiger partial charge < -0.3 is 9.84 Å². The van der Waals surface area contributed by atoms with E-state index in [0.29, 0.717) is 19.4 Å². The molecule has 0 aliphatic heterocycles. The largest absolute Gasteiger partial charge is 0.466 e. The van der Waals surface area contributed by atoms with Gasteiger partial charge in [-0.05, 0) is 38.7 Å². The molecule has 0 amide bonds. The topological polar surface area (TPSA) is 46.5 Å². The van der Waals surface area contributed by atoms with E-state index in [1.165, 1.54) is 0 Å². The van der Waals surface area contributed by atoms with E-state index in [0.717, 1.165) is 18.9 Å². The number of aliphatic hydroxyl groups excluding tert-OH is 1. The Labute approximate surface area is 118 Å². The van der Waals surface area contributed by atoms with E-state index < -0.39 is 19.6 Å². The highest BCUT2D eigenvalue weighted by Gasteiger charge is 2.35. The Morgan fingerprint density at radius 2 is 2.11 bits per heavy atom. The monoisotopic (exact) mass is 284 g/mol. The molecule has 1 N–H and O–H groups in total. The van der Waals surface area contributed by atoms with Crippen LogP contribution in [0.4, 0.5) is 0 Å². The summed E-state index contributed by atoms with van der Waals surface area (Å²) in [4.78, 5) is 12.3. The van der Waals surface area contributed by atoms with Gasteiger partial charge in [-0.3, -0.25) is 4.79 Å². The zero-order chi connectivity index (χ0) is 14.5. The molecule has 19 heavy (non-hydrogen) atoms. The Hall–Kier alpha value is -0.613. The Morgan fingerprint density at radius 3 is 2.74 bits per heavy atom. The van der Waals surface area contributed by atoms with Crippen LogP contribution in [0.5, 0.6) is 0 Å². The summed E-state index contributed by atoms with van der Waals surface area (Å²) < 4.78 is 5.48. The van der Waals surface area contributed by atoms with Crippen LogP contribution in [0.25, 0.3) is 0 Å². The van der Waals surface area contributed by atoms with Gasteiger partial charge in [0.2, 0.25) is 0 Å². The number of rotatable bonds is 4. The third-order valence-electron chi connectivity index (χ3n) is 3.79. The zero-order valence-electron chi connectivity index (χ0n) is 12.7. The summed E-state index contributed by atoms with van der Waals surface area (Å²) in [5.41, 5.74) is -0.439. The number of ether oxygens (including phenoxy) is 1. The van der Waals surface area contributed by atoms with Crippen LogP contribution in [-0.4, -0.2) is 31.9 Å². The Bertz CT molecular complexity index is 333. The van der Waals surface area contributed by atoms with Crippen LogP contribution in [0.3, 0.4) is 0 Å². The molecule has 0 spiro atoms. The smallest absolute Gasteiger partial charge is 0.311 e. The highest BCUT2D eigenvalue weighted by Crippen LogP contribution is 2.33. The van der Waals surface area contributed by atoms with Gasteiger partial charge in [0.25, 0.3) is 0 Å². The van der Waals surface area contributed by atoms with E-state index >= 15 is 0 Å². The van der Waals surface area contributed by atoms with Crippen LogP contribution in [0.1, 0.15) is 32.6 Å². The lowest BCUT2D eigenvalue weighted by Crippen LogP contribution is -2.33. The van der Waals surface area contributed by atoms with Gasteiger partial charge in [0.15, 0.2) is 0 Å². The fourth-order valence-corrected chi connectivity index (χ4v) is 2.89. The summed E-state index contributed by atoms with van der Waals surface area (Å²) in [6.07, 6.45) is 6.35. The average molecular weight is 284 g/mol. The van der Waals surface area contributed by atoms with Gasteiger partial charge in [-0.2, -0.15) is 0 Å². The molecule has 110 valence electrons. The van der Waals surface area contributed by atoms with Gasteiger partial charge in [0.1, 0.15) is 0 Å². The van der Waals surface area contributed by atoms with Crippen LogP contribution in [0.2, 0.25) is 25.7 Å². The number of esters is 1. The van der Waals surface area contributed by atoms with Gasteiger partial charge in [0, 0.05) is 8.07 Å². The maximum atomic E-state index is 12.3. The lowest BCUT2D eigenvalue weighted by Gasteiger charge is -2.29. The maximum Gasteiger partial charge on any atom is 0.311 e. The molecule has 1 rings (SSSR count). The van der Waals surface area contributed by atoms with E-state index in [1.54, 1.807) is 0 Å². The quantitative estimate of drug-likeness (QED) is 0.489. The van der Waals surface area contributed by atoms with E-state index in [2.05, 4.69) is 19.6 Å². The van der Waals surface area contributed by atoms with Gasteiger partial charge in [0.05, 0.1) is 18.1 Å². The second-order valence-electron chi connectivity index (χ2n) is 7.08. The molecule has 2 atom stereocenters. The fraction of sp³-hybridized carbons (Fsp3) is 0.800. The molecule has 3 nitrogen and oxygen atoms in total. The minimum atomic E-state index is -1.16. The molecular weight excluding hydrogens is 256 g/mol. The number of carbonyl (C=O) groups is 1. The molecule has 0 aromatic carbocycles. The van der Waals surface area contributed by atoms with Crippen molar-refractivity contribution in [1.29, 1.82) is 0 Å². The predicted octanol–water partition coefficient (Wildman–Crippen LogP) is 3.37. The third kappa shape index (κ3) is 5.91. The molecular formula is C15H28O3Si. The van der Waals surface area contributed by atoms with Crippen molar-refractivity contribution < 1.29 is 14.6 Å². The standard InChI is InChI=1S/C15H28O3Si/c1-15(9-6-5-7-13(16)8-10-15)14(17)18-11-12-19(2,3)4/h5,7,13,16H,6,8-12H2,1-4H3/b7-5+/t13-,15+/m0/s1. The van der Waals surface area contributed by atoms with Crippen molar-refractivity contribution in [1.82, 2.24) is 0 Å². The SMILES string of the molecule is C[C@@]1(C(=O)OCC[Si](C)(C)C)CC/C=C/[C@H](O)CC1. The van der Waals surface area contributed by atoms with Gasteiger partial charge >= 0.3 is 5.97 Å². The van der Waals surface area contributed by atoms with Crippen molar-refractivity contribution in [2.45, 2.75) is 64.4 Å². The van der Waals surface area contributed by atoms with Gasteiger partial charge in [-0.25, -0.2) is 0 Å². The normalized spacial score (nSPS) is 30.3. The number of hydrogen-bond acceptors (Lipinski definition) is 3. The van der Waals surface area contributed by atoms with E-state index in [9.17, 15) is 9.90 Å². The molecule has 1 aliphatic carbocycles. The minimum Gasteiger partial charge on any atom is -0.466 e. The summed E-state index contributed by atoms with van der Waals surface area (Å²) in [5.74, 6) is -0.0896. The minimum absolute atomic E-state index is 0.0896. The van der Waals surface area contributed by atoms with Crippen LogP contribution in [0.15, 0.2) is 12.2 Å². The summed E-state index contributed by atoms with van der Waals surface area (Å²) in [6, 6.07) is 1.01. The second kappa shape index (κ2) is 6.71. The van der Waals surface area contributed by atoms with E-state index in [4.69, 9.17) is 4.74 Å². The number of allylic oxidation sites excluding steroid dienone is 1. The molecule has 0 radical (unpaired) electrons. The molecule has 0 fully saturated rings. The zero-order valence-corrected chi connectivity index (χ0v) is 13.7. The van der Waals surface area contributed by atoms with Crippen molar-refractivity contribution >= 4 is 14.0 Å². The maximum absolute atomic E-state index is 12.3. The Morgan fingerprint density at radius 1 is 1.42 bits per heavy atom. The van der Waals surface area contributed by atoms with Crippen molar-refractivity contribution in [3.63, 3.8) is 0 Å². The molecule has 0 saturated heterocycles. The molecule has 0 heterocycles. The number of hydrogen-bond donors (Lipinski definition) is 1. The van der Waals surface area contributed by atoms with Crippen LogP contribution >= 0.6 is 0 Å². The van der Waals surface area contributed by atoms with Gasteiger partial charge in [-0.15, -0.1) is 0 Å². The van der Waals surface area contributed by atoms with Crippen molar-refractivity contribution in [2.75, 3.05) is 6.61 Å². The molecule has 0 aromatic heterocycles. The first-order valence-electron chi connectivity index (χ1n) is 7.25. The average Bonchev–Trinajstić information content (AvgIpc) is 2.28. The molecule has 4 heteroatoms. The van der Waals surface area contributed by atoms with E-state index in [-0.39, 0.29) is 5.97 Å². The summed E-state index contributed by atoms with van der Waals surface area (Å²) in [6.45, 7) is 9.34. The first-order valence-corrected chi connectivity index (χ1v) is 11.0. The van der Waals surface area contributed by atoms with Crippen LogP contribution in [-0.2, 0) is 9.53 Å². The Kier molecular flexibility index (Phi) is 5.80. The van der Waals surface area contributed by atoms with E-state index in [1.807, 2.05) is 19.1 Å². The highest BCUT2D eigenvalue weighted by atomic mass is 28.3. The summed E-state index contributed by atoms with van der Waals surface area (Å²) >= 11 is 0. The van der Waals surface area contributed by atoms with Crippen molar-refractivity contribution in [3.8, 4) is 0 Å². The lowest BCUT2D eigenvalue weighted by molar-refractivity contribution is -0.155. The third-order valence-corrected chi connectivity index (χ3v) is 5.50. The summed E-state index contributed by atoms with van der Waals surface area (Å²) in [5, 5.41) is 9.68. The Balaban J connectivity index is 2.51. The van der Waals surface area contributed by atoms with Crippen molar-refractivity contribution in [2.24, 2.45) is 5.41 Å². The fourth-order valence-electron chi connectivity index (χ4n) is 2.17. The predicted molar refractivity (Wildman–Crippen MR) is 80.8 cm³/mol. The van der Waals surface area contributed by atoms with Crippen molar-refractivity contribution in [3.05, 3.63) is 12.2 Å². The molecule has 0 aromatic rings. The lowest BCUT2D eigenvalue weighted by atomic mass is 9.79. The van der Waals surface area contributed by atoms with Crippen LogP contribution in [0, 0.1) is 5.41 Å². The first-order chi connectivity index (χ1) is 8.73. The number of aliphatic hydroxyl groups is 1. The molecule has 1 aliphatic rings. The first kappa shape index (κ1) is 16.4. The highest BCUT2D eigenvalue weighted by molar-refractivity contribution is 6.76. The molecule has 0 bridgehead atoms. The van der Waals surface area contributed by atoms with Crippen LogP contribution < -0.4 is 0 Å².